The fourth-order valence-electron chi connectivity index (χ4n) is 2.43. The first-order chi connectivity index (χ1) is 9.25. The van der Waals surface area contributed by atoms with Crippen molar-refractivity contribution in [2.75, 3.05) is 6.54 Å². The number of hydrogen-bond donors (Lipinski definition) is 1. The topological polar surface area (TPSA) is 46.9 Å². The molecule has 0 atom stereocenters. The average molecular weight is 320 g/mol. The van der Waals surface area contributed by atoms with E-state index in [1.54, 1.807) is 10.8 Å². The van der Waals surface area contributed by atoms with Crippen molar-refractivity contribution >= 4 is 21.8 Å². The second kappa shape index (κ2) is 5.27. The minimum absolute atomic E-state index is 0.0636. The summed E-state index contributed by atoms with van der Waals surface area (Å²) >= 11 is 3.49. The number of pyridine rings is 1. The molecule has 0 amide bonds. The fourth-order valence-corrected chi connectivity index (χ4v) is 3.11. The maximum absolute atomic E-state index is 12.4. The monoisotopic (exact) mass is 319 g/mol. The summed E-state index contributed by atoms with van der Waals surface area (Å²) in [6, 6.07) is 7.66. The van der Waals surface area contributed by atoms with Crippen LogP contribution in [-0.4, -0.2) is 22.0 Å². The molecule has 0 radical (unpaired) electrons. The lowest BCUT2D eigenvalue weighted by atomic mass is 10.1. The van der Waals surface area contributed by atoms with Crippen molar-refractivity contribution in [3.63, 3.8) is 0 Å². The van der Waals surface area contributed by atoms with Gasteiger partial charge in [-0.1, -0.05) is 6.07 Å². The third-order valence-corrected chi connectivity index (χ3v) is 3.89. The molecule has 19 heavy (non-hydrogen) atoms. The van der Waals surface area contributed by atoms with E-state index in [9.17, 15) is 4.79 Å². The highest BCUT2D eigenvalue weighted by Gasteiger charge is 2.21. The first kappa shape index (κ1) is 12.6. The Morgan fingerprint density at radius 2 is 2.37 bits per heavy atom. The molecular weight excluding hydrogens is 306 g/mol. The summed E-state index contributed by atoms with van der Waals surface area (Å²) in [5, 5.41) is 3.31. The number of carbonyl (C=O) groups excluding carboxylic acids is 1. The molecule has 0 aromatic carbocycles. The van der Waals surface area contributed by atoms with E-state index < -0.39 is 0 Å². The number of rotatable bonds is 2. The molecule has 2 aromatic rings. The second-order valence-electron chi connectivity index (χ2n) is 4.59. The number of hydrogen-bond acceptors (Lipinski definition) is 3. The fraction of sp³-hybridized carbons (Fsp3) is 0.286. The Kier molecular flexibility index (Phi) is 3.48. The van der Waals surface area contributed by atoms with E-state index in [0.29, 0.717) is 6.42 Å². The zero-order chi connectivity index (χ0) is 13.2. The van der Waals surface area contributed by atoms with Crippen LogP contribution in [0.2, 0.25) is 0 Å². The van der Waals surface area contributed by atoms with Gasteiger partial charge in [-0.25, -0.2) is 0 Å². The largest absolute Gasteiger partial charge is 0.312 e. The van der Waals surface area contributed by atoms with Gasteiger partial charge in [0.25, 0.3) is 0 Å². The maximum Gasteiger partial charge on any atom is 0.237 e. The molecule has 1 aliphatic heterocycles. The molecule has 4 nitrogen and oxygen atoms in total. The molecule has 0 bridgehead atoms. The average Bonchev–Trinajstić information content (AvgIpc) is 2.75. The Hall–Kier alpha value is -1.46. The van der Waals surface area contributed by atoms with Crippen molar-refractivity contribution in [1.82, 2.24) is 14.9 Å². The van der Waals surface area contributed by atoms with Crippen LogP contribution in [-0.2, 0) is 19.4 Å². The van der Waals surface area contributed by atoms with Crippen LogP contribution < -0.4 is 5.32 Å². The quantitative estimate of drug-likeness (QED) is 0.922. The Bertz CT molecular complexity index is 607. The molecule has 0 fully saturated rings. The van der Waals surface area contributed by atoms with Gasteiger partial charge in [0.15, 0.2) is 0 Å². The summed E-state index contributed by atoms with van der Waals surface area (Å²) in [5.74, 6) is 0.0636. The minimum atomic E-state index is 0.0636. The Morgan fingerprint density at radius 1 is 1.47 bits per heavy atom. The molecule has 2 aromatic heterocycles. The molecule has 3 heterocycles. The van der Waals surface area contributed by atoms with Crippen LogP contribution >= 0.6 is 15.9 Å². The van der Waals surface area contributed by atoms with Crippen LogP contribution in [0.4, 0.5) is 0 Å². The van der Waals surface area contributed by atoms with E-state index in [2.05, 4.69) is 26.2 Å². The van der Waals surface area contributed by atoms with Crippen LogP contribution in [0.5, 0.6) is 0 Å². The summed E-state index contributed by atoms with van der Waals surface area (Å²) in [6.45, 7) is 1.75. The third-order valence-electron chi connectivity index (χ3n) is 3.31. The number of aromatic nitrogens is 2. The Balaban J connectivity index is 1.90. The smallest absolute Gasteiger partial charge is 0.237 e. The molecule has 0 saturated heterocycles. The summed E-state index contributed by atoms with van der Waals surface area (Å²) in [4.78, 5) is 16.6. The van der Waals surface area contributed by atoms with Crippen molar-refractivity contribution in [1.29, 1.82) is 0 Å². The van der Waals surface area contributed by atoms with Crippen LogP contribution in [0.25, 0.3) is 0 Å². The van der Waals surface area contributed by atoms with Gasteiger partial charge < -0.3 is 5.32 Å². The Labute approximate surface area is 120 Å². The van der Waals surface area contributed by atoms with Crippen LogP contribution in [0.3, 0.4) is 0 Å². The molecule has 98 valence electrons. The number of nitrogens with one attached hydrogen (secondary N) is 1. The number of carbonyl (C=O) groups is 1. The highest BCUT2D eigenvalue weighted by atomic mass is 79.9. The summed E-state index contributed by atoms with van der Waals surface area (Å²) in [7, 11) is 0. The number of nitrogens with zero attached hydrogens (tertiary/aromatic N) is 2. The number of halogens is 1. The van der Waals surface area contributed by atoms with E-state index in [0.717, 1.165) is 35.5 Å². The van der Waals surface area contributed by atoms with E-state index in [1.165, 1.54) is 5.56 Å². The predicted octanol–water partition coefficient (Wildman–Crippen LogP) is 2.17. The third kappa shape index (κ3) is 2.48. The SMILES string of the molecule is O=C(Cc1ccccn1)n1c(Br)cc2c1CCNC2. The maximum atomic E-state index is 12.4. The summed E-state index contributed by atoms with van der Waals surface area (Å²) < 4.78 is 2.62. The zero-order valence-electron chi connectivity index (χ0n) is 10.4. The van der Waals surface area contributed by atoms with E-state index in [-0.39, 0.29) is 5.91 Å². The molecule has 3 rings (SSSR count). The van der Waals surface area contributed by atoms with Crippen LogP contribution in [0.1, 0.15) is 21.7 Å². The zero-order valence-corrected chi connectivity index (χ0v) is 12.0. The van der Waals surface area contributed by atoms with Gasteiger partial charge in [0.05, 0.1) is 11.0 Å². The second-order valence-corrected chi connectivity index (χ2v) is 5.41. The molecule has 0 saturated carbocycles. The van der Waals surface area contributed by atoms with Gasteiger partial charge in [0, 0.05) is 37.1 Å². The van der Waals surface area contributed by atoms with E-state index >= 15 is 0 Å². The molecule has 5 heteroatoms. The van der Waals surface area contributed by atoms with Crippen LogP contribution in [0.15, 0.2) is 35.1 Å². The highest BCUT2D eigenvalue weighted by Crippen LogP contribution is 2.24. The van der Waals surface area contributed by atoms with Crippen molar-refractivity contribution in [2.24, 2.45) is 0 Å². The minimum Gasteiger partial charge on any atom is -0.312 e. The van der Waals surface area contributed by atoms with Gasteiger partial charge in [0.2, 0.25) is 5.91 Å². The molecular formula is C14H14BrN3O. The van der Waals surface area contributed by atoms with Gasteiger partial charge in [-0.05, 0) is 39.7 Å². The normalized spacial score (nSPS) is 14.2. The molecule has 0 spiro atoms. The van der Waals surface area contributed by atoms with E-state index in [4.69, 9.17) is 0 Å². The lowest BCUT2D eigenvalue weighted by Gasteiger charge is -2.16. The van der Waals surface area contributed by atoms with Crippen molar-refractivity contribution in [3.8, 4) is 0 Å². The van der Waals surface area contributed by atoms with Gasteiger partial charge in [-0.3, -0.25) is 14.3 Å². The molecule has 1 aliphatic rings. The summed E-state index contributed by atoms with van der Waals surface area (Å²) in [5.41, 5.74) is 3.12. The van der Waals surface area contributed by atoms with Gasteiger partial charge in [0.1, 0.15) is 0 Å². The van der Waals surface area contributed by atoms with Crippen molar-refractivity contribution < 1.29 is 4.79 Å². The first-order valence-electron chi connectivity index (χ1n) is 6.28. The van der Waals surface area contributed by atoms with Gasteiger partial charge in [-0.2, -0.15) is 0 Å². The van der Waals surface area contributed by atoms with Crippen LogP contribution in [0, 0.1) is 0 Å². The summed E-state index contributed by atoms with van der Waals surface area (Å²) in [6.07, 6.45) is 2.93. The number of fused-ring (bicyclic) bond motifs is 1. The van der Waals surface area contributed by atoms with Gasteiger partial charge >= 0.3 is 0 Å². The Morgan fingerprint density at radius 3 is 3.16 bits per heavy atom. The molecule has 1 N–H and O–H groups in total. The van der Waals surface area contributed by atoms with Crippen molar-refractivity contribution in [2.45, 2.75) is 19.4 Å². The molecule has 0 unspecified atom stereocenters. The predicted molar refractivity (Wildman–Crippen MR) is 76.1 cm³/mol. The first-order valence-corrected chi connectivity index (χ1v) is 7.08. The lowest BCUT2D eigenvalue weighted by molar-refractivity contribution is 0.0907. The standard InChI is InChI=1S/C14H14BrN3O/c15-13-7-10-9-16-6-4-12(10)18(13)14(19)8-11-3-1-2-5-17-11/h1-3,5,7,16H,4,6,8-9H2. The lowest BCUT2D eigenvalue weighted by Crippen LogP contribution is -2.27. The van der Waals surface area contributed by atoms with Crippen molar-refractivity contribution in [3.05, 3.63) is 52.0 Å². The highest BCUT2D eigenvalue weighted by molar-refractivity contribution is 9.10. The van der Waals surface area contributed by atoms with E-state index in [1.807, 2.05) is 24.3 Å². The van der Waals surface area contributed by atoms with Gasteiger partial charge in [-0.15, -0.1) is 0 Å². The molecule has 0 aliphatic carbocycles.